The second kappa shape index (κ2) is 6.87. The predicted molar refractivity (Wildman–Crippen MR) is 117 cm³/mol. The third-order valence-corrected chi connectivity index (χ3v) is 6.38. The highest BCUT2D eigenvalue weighted by molar-refractivity contribution is 5.89. The SMILES string of the molecule is C=CC1c2ccccc2N2c3ccc(C(F)(F)F)nc3N(c3ccccc3C)C2C1C. The highest BCUT2D eigenvalue weighted by atomic mass is 19.4. The number of pyridine rings is 1. The minimum atomic E-state index is -4.51. The zero-order valence-corrected chi connectivity index (χ0v) is 17.3. The van der Waals surface area contributed by atoms with Crippen LogP contribution in [0.4, 0.5) is 36.1 Å². The van der Waals surface area contributed by atoms with Crippen LogP contribution in [-0.2, 0) is 6.18 Å². The lowest BCUT2D eigenvalue weighted by molar-refractivity contribution is -0.141. The lowest BCUT2D eigenvalue weighted by Gasteiger charge is -2.45. The van der Waals surface area contributed by atoms with E-state index in [9.17, 15) is 13.2 Å². The number of halogens is 3. The van der Waals surface area contributed by atoms with E-state index in [1.807, 2.05) is 60.4 Å². The summed E-state index contributed by atoms with van der Waals surface area (Å²) in [7, 11) is 0. The molecule has 2 aliphatic rings. The van der Waals surface area contributed by atoms with Gasteiger partial charge in [0.25, 0.3) is 0 Å². The molecule has 0 N–H and O–H groups in total. The third kappa shape index (κ3) is 2.85. The minimum absolute atomic E-state index is 0.0653. The fraction of sp³-hybridized carbons (Fsp3) is 0.240. The van der Waals surface area contributed by atoms with Crippen molar-refractivity contribution < 1.29 is 13.2 Å². The monoisotopic (exact) mass is 421 g/mol. The number of fused-ring (bicyclic) bond motifs is 5. The van der Waals surface area contributed by atoms with Crippen molar-refractivity contribution in [2.75, 3.05) is 9.80 Å². The topological polar surface area (TPSA) is 19.4 Å². The lowest BCUT2D eigenvalue weighted by atomic mass is 9.80. The number of alkyl halides is 3. The molecule has 3 aromatic rings. The van der Waals surface area contributed by atoms with Crippen LogP contribution >= 0.6 is 0 Å². The van der Waals surface area contributed by atoms with E-state index >= 15 is 0 Å². The van der Waals surface area contributed by atoms with E-state index in [1.165, 1.54) is 0 Å². The standard InChI is InChI=1S/C25H22F3N3/c1-4-17-16(3)24-30(20-12-8-6-10-18(17)20)21-13-14-22(25(26,27)28)29-23(21)31(24)19-11-7-5-9-15(19)2/h4-14,16-17,24H,1H2,2-3H3. The van der Waals surface area contributed by atoms with E-state index in [-0.39, 0.29) is 18.0 Å². The third-order valence-electron chi connectivity index (χ3n) is 6.38. The van der Waals surface area contributed by atoms with Gasteiger partial charge in [-0.15, -0.1) is 6.58 Å². The molecule has 1 aromatic heterocycles. The molecule has 3 nitrogen and oxygen atoms in total. The van der Waals surface area contributed by atoms with Gasteiger partial charge in [0, 0.05) is 23.2 Å². The molecule has 0 spiro atoms. The van der Waals surface area contributed by atoms with Crippen LogP contribution in [0, 0.1) is 12.8 Å². The van der Waals surface area contributed by atoms with Gasteiger partial charge in [-0.25, -0.2) is 4.98 Å². The van der Waals surface area contributed by atoms with Crippen LogP contribution in [0.15, 0.2) is 73.3 Å². The predicted octanol–water partition coefficient (Wildman–Crippen LogP) is 6.94. The Kier molecular flexibility index (Phi) is 4.36. The molecular formula is C25H22F3N3. The van der Waals surface area contributed by atoms with E-state index in [4.69, 9.17) is 0 Å². The van der Waals surface area contributed by atoms with E-state index < -0.39 is 11.9 Å². The summed E-state index contributed by atoms with van der Waals surface area (Å²) in [5.41, 5.74) is 3.75. The first kappa shape index (κ1) is 19.7. The number of benzene rings is 2. The van der Waals surface area contributed by atoms with Gasteiger partial charge in [-0.3, -0.25) is 0 Å². The molecule has 31 heavy (non-hydrogen) atoms. The second-order valence-corrected chi connectivity index (χ2v) is 8.16. The van der Waals surface area contributed by atoms with Crippen LogP contribution in [0.3, 0.4) is 0 Å². The molecule has 0 fully saturated rings. The number of allylic oxidation sites excluding steroid dienone is 1. The Labute approximate surface area is 179 Å². The van der Waals surface area contributed by atoms with Gasteiger partial charge in [0.1, 0.15) is 11.9 Å². The smallest absolute Gasteiger partial charge is 0.316 e. The molecule has 3 unspecified atom stereocenters. The van der Waals surface area contributed by atoms with Gasteiger partial charge in [-0.05, 0) is 42.3 Å². The molecule has 3 heterocycles. The highest BCUT2D eigenvalue weighted by Crippen LogP contribution is 2.56. The maximum atomic E-state index is 13.6. The Hall–Kier alpha value is -3.28. The van der Waals surface area contributed by atoms with Gasteiger partial charge >= 0.3 is 6.18 Å². The molecule has 0 saturated heterocycles. The van der Waals surface area contributed by atoms with Gasteiger partial charge in [-0.1, -0.05) is 49.4 Å². The molecule has 5 rings (SSSR count). The number of hydrogen-bond acceptors (Lipinski definition) is 3. The molecular weight excluding hydrogens is 399 g/mol. The van der Waals surface area contributed by atoms with Crippen molar-refractivity contribution in [2.45, 2.75) is 32.1 Å². The Bertz CT molecular complexity index is 1170. The van der Waals surface area contributed by atoms with Crippen LogP contribution in [0.2, 0.25) is 0 Å². The number of anilines is 4. The summed E-state index contributed by atoms with van der Waals surface area (Å²) in [6.07, 6.45) is -2.79. The molecule has 3 atom stereocenters. The fourth-order valence-electron chi connectivity index (χ4n) is 4.98. The number of hydrogen-bond donors (Lipinski definition) is 0. The number of nitrogens with zero attached hydrogens (tertiary/aromatic N) is 3. The number of aryl methyl sites for hydroxylation is 1. The Morgan fingerprint density at radius 1 is 0.903 bits per heavy atom. The first-order valence-corrected chi connectivity index (χ1v) is 10.3. The zero-order chi connectivity index (χ0) is 21.9. The second-order valence-electron chi connectivity index (χ2n) is 8.16. The van der Waals surface area contributed by atoms with Crippen molar-refractivity contribution in [3.8, 4) is 0 Å². The van der Waals surface area contributed by atoms with Crippen LogP contribution in [0.25, 0.3) is 0 Å². The van der Waals surface area contributed by atoms with E-state index in [2.05, 4.69) is 29.5 Å². The van der Waals surface area contributed by atoms with Gasteiger partial charge in [-0.2, -0.15) is 13.2 Å². The summed E-state index contributed by atoms with van der Waals surface area (Å²) in [6, 6.07) is 18.4. The summed E-state index contributed by atoms with van der Waals surface area (Å²) < 4.78 is 40.7. The minimum Gasteiger partial charge on any atom is -0.316 e. The molecule has 0 amide bonds. The van der Waals surface area contributed by atoms with Gasteiger partial charge < -0.3 is 9.80 Å². The van der Waals surface area contributed by atoms with E-state index in [1.54, 1.807) is 6.07 Å². The van der Waals surface area contributed by atoms with E-state index in [0.717, 1.165) is 28.6 Å². The number of para-hydroxylation sites is 2. The maximum Gasteiger partial charge on any atom is 0.433 e. The Balaban J connectivity index is 1.81. The Morgan fingerprint density at radius 3 is 2.26 bits per heavy atom. The van der Waals surface area contributed by atoms with Crippen molar-refractivity contribution in [1.82, 2.24) is 4.98 Å². The zero-order valence-electron chi connectivity index (χ0n) is 17.3. The van der Waals surface area contributed by atoms with Gasteiger partial charge in [0.15, 0.2) is 5.82 Å². The molecule has 0 radical (unpaired) electrons. The summed E-state index contributed by atoms with van der Waals surface area (Å²) in [4.78, 5) is 8.24. The lowest BCUT2D eigenvalue weighted by Crippen LogP contribution is -2.48. The molecule has 0 saturated carbocycles. The average molecular weight is 421 g/mol. The highest BCUT2D eigenvalue weighted by Gasteiger charge is 2.49. The van der Waals surface area contributed by atoms with Crippen molar-refractivity contribution in [1.29, 1.82) is 0 Å². The molecule has 2 aromatic carbocycles. The largest absolute Gasteiger partial charge is 0.433 e. The van der Waals surface area contributed by atoms with Gasteiger partial charge in [0.05, 0.1) is 5.69 Å². The molecule has 6 heteroatoms. The fourth-order valence-corrected chi connectivity index (χ4v) is 4.98. The van der Waals surface area contributed by atoms with Crippen molar-refractivity contribution >= 4 is 22.9 Å². The van der Waals surface area contributed by atoms with E-state index in [0.29, 0.717) is 11.5 Å². The normalized spacial score (nSPS) is 22.0. The van der Waals surface area contributed by atoms with Crippen molar-refractivity contribution in [3.63, 3.8) is 0 Å². The molecule has 0 bridgehead atoms. The van der Waals surface area contributed by atoms with Crippen LogP contribution < -0.4 is 9.80 Å². The quantitative estimate of drug-likeness (QED) is 0.418. The van der Waals surface area contributed by atoms with Gasteiger partial charge in [0.2, 0.25) is 0 Å². The van der Waals surface area contributed by atoms with Crippen LogP contribution in [0.5, 0.6) is 0 Å². The molecule has 2 aliphatic heterocycles. The first-order chi connectivity index (χ1) is 14.8. The molecule has 158 valence electrons. The van der Waals surface area contributed by atoms with Crippen LogP contribution in [0.1, 0.15) is 29.7 Å². The maximum absolute atomic E-state index is 13.6. The Morgan fingerprint density at radius 2 is 1.58 bits per heavy atom. The first-order valence-electron chi connectivity index (χ1n) is 10.3. The van der Waals surface area contributed by atoms with Crippen LogP contribution in [-0.4, -0.2) is 11.1 Å². The number of aromatic nitrogens is 1. The summed E-state index contributed by atoms with van der Waals surface area (Å²) in [5, 5.41) is 0. The number of rotatable bonds is 2. The summed E-state index contributed by atoms with van der Waals surface area (Å²) >= 11 is 0. The van der Waals surface area contributed by atoms with Crippen molar-refractivity contribution in [2.24, 2.45) is 5.92 Å². The summed E-state index contributed by atoms with van der Waals surface area (Å²) in [5.74, 6) is 0.469. The average Bonchev–Trinajstić information content (AvgIpc) is 3.09. The summed E-state index contributed by atoms with van der Waals surface area (Å²) in [6.45, 7) is 8.15. The molecule has 0 aliphatic carbocycles. The van der Waals surface area contributed by atoms with Crippen molar-refractivity contribution in [3.05, 3.63) is 90.1 Å².